The second kappa shape index (κ2) is 6.71. The van der Waals surface area contributed by atoms with E-state index >= 15 is 0 Å². The van der Waals surface area contributed by atoms with Gasteiger partial charge in [-0.1, -0.05) is 12.2 Å². The monoisotopic (exact) mass is 302 g/mol. The van der Waals surface area contributed by atoms with Crippen LogP contribution in [0.1, 0.15) is 10.4 Å². The first-order valence-electron chi connectivity index (χ1n) is 6.16. The number of amides is 1. The zero-order chi connectivity index (χ0) is 15.2. The molecule has 0 saturated carbocycles. The molecule has 0 aromatic heterocycles. The van der Waals surface area contributed by atoms with Crippen molar-refractivity contribution in [3.05, 3.63) is 54.1 Å². The van der Waals surface area contributed by atoms with Gasteiger partial charge in [0, 0.05) is 11.3 Å². The van der Waals surface area contributed by atoms with Crippen LogP contribution in [0.2, 0.25) is 0 Å². The van der Waals surface area contributed by atoms with Crippen LogP contribution in [0.15, 0.2) is 48.5 Å². The number of phenols is 1. The number of ether oxygens (including phenoxy) is 1. The minimum absolute atomic E-state index is 0.117. The van der Waals surface area contributed by atoms with E-state index in [1.54, 1.807) is 36.4 Å². The molecule has 4 N–H and O–H groups in total. The van der Waals surface area contributed by atoms with E-state index in [9.17, 15) is 9.90 Å². The van der Waals surface area contributed by atoms with Gasteiger partial charge in [-0.25, -0.2) is 0 Å². The van der Waals surface area contributed by atoms with Crippen molar-refractivity contribution in [3.63, 3.8) is 0 Å². The van der Waals surface area contributed by atoms with Crippen molar-refractivity contribution in [2.24, 2.45) is 5.73 Å². The molecule has 6 heteroatoms. The fraction of sp³-hybridized carbons (Fsp3) is 0.0667. The number of hydrogen-bond donors (Lipinski definition) is 3. The van der Waals surface area contributed by atoms with Gasteiger partial charge in [0.1, 0.15) is 23.1 Å². The van der Waals surface area contributed by atoms with Crippen molar-refractivity contribution < 1.29 is 14.6 Å². The third-order valence-corrected chi connectivity index (χ3v) is 2.74. The summed E-state index contributed by atoms with van der Waals surface area (Å²) >= 11 is 4.72. The number of benzene rings is 2. The number of phenolic OH excluding ortho intramolecular Hbond substituents is 1. The van der Waals surface area contributed by atoms with Gasteiger partial charge in [-0.05, 0) is 48.5 Å². The maximum Gasteiger partial charge on any atom is 0.255 e. The van der Waals surface area contributed by atoms with Crippen molar-refractivity contribution in [2.75, 3.05) is 11.9 Å². The molecule has 0 atom stereocenters. The van der Waals surface area contributed by atoms with Gasteiger partial charge in [0.25, 0.3) is 5.91 Å². The Kier molecular flexibility index (Phi) is 4.73. The van der Waals surface area contributed by atoms with Gasteiger partial charge in [-0.3, -0.25) is 4.79 Å². The predicted octanol–water partition coefficient (Wildman–Crippen LogP) is 2.31. The van der Waals surface area contributed by atoms with E-state index in [0.29, 0.717) is 17.0 Å². The molecule has 0 spiro atoms. The fourth-order valence-electron chi connectivity index (χ4n) is 1.61. The van der Waals surface area contributed by atoms with E-state index in [4.69, 9.17) is 22.7 Å². The molecular formula is C15H14N2O3S. The normalized spacial score (nSPS) is 9.90. The summed E-state index contributed by atoms with van der Waals surface area (Å²) in [5.41, 5.74) is 6.44. The minimum atomic E-state index is -0.258. The van der Waals surface area contributed by atoms with Crippen molar-refractivity contribution in [3.8, 4) is 11.5 Å². The lowest BCUT2D eigenvalue weighted by Gasteiger charge is -2.08. The van der Waals surface area contributed by atoms with Crippen LogP contribution in [0.25, 0.3) is 0 Å². The minimum Gasteiger partial charge on any atom is -0.508 e. The molecule has 0 heterocycles. The molecule has 108 valence electrons. The fourth-order valence-corrected chi connectivity index (χ4v) is 1.66. The molecule has 1 amide bonds. The Labute approximate surface area is 127 Å². The van der Waals surface area contributed by atoms with Crippen molar-refractivity contribution in [1.29, 1.82) is 0 Å². The zero-order valence-electron chi connectivity index (χ0n) is 11.1. The van der Waals surface area contributed by atoms with Gasteiger partial charge in [0.15, 0.2) is 0 Å². The highest BCUT2D eigenvalue weighted by molar-refractivity contribution is 7.80. The zero-order valence-corrected chi connectivity index (χ0v) is 11.9. The standard InChI is InChI=1S/C15H14N2O3S/c16-14(21)9-20-13-7-3-11(4-8-13)17-15(19)10-1-5-12(18)6-2-10/h1-8,18H,9H2,(H2,16,21)(H,17,19). The molecule has 2 aromatic carbocycles. The number of carbonyl (C=O) groups is 1. The smallest absolute Gasteiger partial charge is 0.255 e. The first kappa shape index (κ1) is 14.8. The van der Waals surface area contributed by atoms with E-state index in [0.717, 1.165) is 0 Å². The predicted molar refractivity (Wildman–Crippen MR) is 84.8 cm³/mol. The Bertz CT molecular complexity index is 639. The maximum atomic E-state index is 12.0. The van der Waals surface area contributed by atoms with Crippen molar-refractivity contribution >= 4 is 28.8 Å². The summed E-state index contributed by atoms with van der Waals surface area (Å²) in [6.45, 7) is 0.175. The molecule has 5 nitrogen and oxygen atoms in total. The third-order valence-electron chi connectivity index (χ3n) is 2.62. The Morgan fingerprint density at radius 2 is 1.76 bits per heavy atom. The molecule has 0 aliphatic rings. The highest BCUT2D eigenvalue weighted by Gasteiger charge is 2.06. The van der Waals surface area contributed by atoms with Crippen LogP contribution >= 0.6 is 12.2 Å². The third kappa shape index (κ3) is 4.47. The van der Waals surface area contributed by atoms with E-state index in [1.807, 2.05) is 0 Å². The summed E-state index contributed by atoms with van der Waals surface area (Å²) in [7, 11) is 0. The lowest BCUT2D eigenvalue weighted by atomic mass is 10.2. The van der Waals surface area contributed by atoms with Crippen LogP contribution in [-0.2, 0) is 0 Å². The molecule has 0 aliphatic carbocycles. The van der Waals surface area contributed by atoms with Crippen LogP contribution in [0, 0.1) is 0 Å². The number of carbonyl (C=O) groups excluding carboxylic acids is 1. The molecule has 0 saturated heterocycles. The summed E-state index contributed by atoms with van der Waals surface area (Å²) in [6, 6.07) is 12.9. The number of aromatic hydroxyl groups is 1. The molecule has 0 bridgehead atoms. The lowest BCUT2D eigenvalue weighted by molar-refractivity contribution is 0.102. The molecule has 0 radical (unpaired) electrons. The Morgan fingerprint density at radius 1 is 1.14 bits per heavy atom. The van der Waals surface area contributed by atoms with Crippen LogP contribution in [-0.4, -0.2) is 22.6 Å². The Balaban J connectivity index is 1.98. The highest BCUT2D eigenvalue weighted by atomic mass is 32.1. The average Bonchev–Trinajstić information content (AvgIpc) is 2.47. The summed E-state index contributed by atoms with van der Waals surface area (Å²) in [4.78, 5) is 12.2. The lowest BCUT2D eigenvalue weighted by Crippen LogP contribution is -2.17. The highest BCUT2D eigenvalue weighted by Crippen LogP contribution is 2.17. The first-order valence-corrected chi connectivity index (χ1v) is 6.57. The second-order valence-electron chi connectivity index (χ2n) is 4.28. The maximum absolute atomic E-state index is 12.0. The summed E-state index contributed by atoms with van der Waals surface area (Å²) in [5.74, 6) is 0.475. The average molecular weight is 302 g/mol. The molecule has 0 unspecified atom stereocenters. The number of thiocarbonyl (C=S) groups is 1. The number of anilines is 1. The molecule has 0 fully saturated rings. The molecular weight excluding hydrogens is 288 g/mol. The molecule has 2 aromatic rings. The van der Waals surface area contributed by atoms with E-state index in [2.05, 4.69) is 5.32 Å². The van der Waals surface area contributed by atoms with E-state index in [-0.39, 0.29) is 23.3 Å². The van der Waals surface area contributed by atoms with Crippen LogP contribution in [0.5, 0.6) is 11.5 Å². The molecule has 2 rings (SSSR count). The van der Waals surface area contributed by atoms with Crippen LogP contribution in [0.4, 0.5) is 5.69 Å². The summed E-state index contributed by atoms with van der Waals surface area (Å²) in [6.07, 6.45) is 0. The van der Waals surface area contributed by atoms with Gasteiger partial charge < -0.3 is 20.9 Å². The number of hydrogen-bond acceptors (Lipinski definition) is 4. The molecule has 0 aliphatic heterocycles. The van der Waals surface area contributed by atoms with Gasteiger partial charge >= 0.3 is 0 Å². The SMILES string of the molecule is NC(=S)COc1ccc(NC(=O)c2ccc(O)cc2)cc1. The summed E-state index contributed by atoms with van der Waals surface area (Å²) < 4.78 is 5.32. The van der Waals surface area contributed by atoms with Gasteiger partial charge in [0.05, 0.1) is 0 Å². The number of rotatable bonds is 5. The van der Waals surface area contributed by atoms with Gasteiger partial charge in [0.2, 0.25) is 0 Å². The summed E-state index contributed by atoms with van der Waals surface area (Å²) in [5, 5.41) is 11.9. The van der Waals surface area contributed by atoms with Crippen molar-refractivity contribution in [2.45, 2.75) is 0 Å². The van der Waals surface area contributed by atoms with Gasteiger partial charge in [-0.15, -0.1) is 0 Å². The van der Waals surface area contributed by atoms with E-state index < -0.39 is 0 Å². The Hall–Kier alpha value is -2.60. The largest absolute Gasteiger partial charge is 0.508 e. The quantitative estimate of drug-likeness (QED) is 0.738. The van der Waals surface area contributed by atoms with Crippen molar-refractivity contribution in [1.82, 2.24) is 0 Å². The van der Waals surface area contributed by atoms with E-state index in [1.165, 1.54) is 12.1 Å². The van der Waals surface area contributed by atoms with Crippen LogP contribution < -0.4 is 15.8 Å². The Morgan fingerprint density at radius 3 is 2.33 bits per heavy atom. The number of nitrogens with one attached hydrogen (secondary N) is 1. The topological polar surface area (TPSA) is 84.6 Å². The van der Waals surface area contributed by atoms with Gasteiger partial charge in [-0.2, -0.15) is 0 Å². The van der Waals surface area contributed by atoms with Crippen LogP contribution in [0.3, 0.4) is 0 Å². The second-order valence-corrected chi connectivity index (χ2v) is 4.80. The molecule has 21 heavy (non-hydrogen) atoms. The number of nitrogens with two attached hydrogens (primary N) is 1. The first-order chi connectivity index (χ1) is 10.0.